The van der Waals surface area contributed by atoms with Gasteiger partial charge in [-0.25, -0.2) is 0 Å². The number of ether oxygens (including phenoxy) is 2. The van der Waals surface area contributed by atoms with Gasteiger partial charge in [-0.05, 0) is 48.9 Å². The van der Waals surface area contributed by atoms with Crippen LogP contribution >= 0.6 is 11.8 Å². The van der Waals surface area contributed by atoms with E-state index in [2.05, 4.69) is 20.8 Å². The molecule has 0 bridgehead atoms. The first kappa shape index (κ1) is 21.1. The van der Waals surface area contributed by atoms with E-state index in [-0.39, 0.29) is 17.6 Å². The first-order valence-electron chi connectivity index (χ1n) is 10.4. The number of nitrogens with zero attached hydrogens (tertiary/aromatic N) is 3. The molecule has 2 N–H and O–H groups in total. The smallest absolute Gasteiger partial charge is 0.234 e. The fraction of sp³-hybridized carbons (Fsp3) is 0.217. The van der Waals surface area contributed by atoms with Gasteiger partial charge in [-0.1, -0.05) is 11.8 Å². The minimum absolute atomic E-state index is 0.147. The lowest BCUT2D eigenvalue weighted by Crippen LogP contribution is -2.15. The van der Waals surface area contributed by atoms with Crippen LogP contribution < -0.4 is 20.1 Å². The number of carbonyl (C=O) groups is 2. The molecule has 0 saturated carbocycles. The number of aromatic nitrogens is 3. The monoisotopic (exact) mass is 463 g/mol. The summed E-state index contributed by atoms with van der Waals surface area (Å²) in [5.74, 6) is 1.25. The standard InChI is InChI=1S/C23H21N5O4S/c1-13-9-15-10-19-20(32-8-7-31-19)11-18(15)28-22(13)26-27-23(28)33-12-21(30)25-17-5-3-16(4-6-17)24-14(2)29/h3-6,9-11H,7-8,12H2,1-2H3,(H,24,29)(H,25,30). The lowest BCUT2D eigenvalue weighted by molar-refractivity contribution is -0.114. The highest BCUT2D eigenvalue weighted by molar-refractivity contribution is 7.99. The summed E-state index contributed by atoms with van der Waals surface area (Å²) >= 11 is 1.30. The summed E-state index contributed by atoms with van der Waals surface area (Å²) in [7, 11) is 0. The molecule has 3 heterocycles. The van der Waals surface area contributed by atoms with Gasteiger partial charge in [0.25, 0.3) is 0 Å². The maximum absolute atomic E-state index is 12.5. The van der Waals surface area contributed by atoms with Crippen LogP contribution in [-0.4, -0.2) is 45.4 Å². The average Bonchev–Trinajstić information content (AvgIpc) is 3.23. The van der Waals surface area contributed by atoms with Crippen LogP contribution in [0, 0.1) is 6.92 Å². The van der Waals surface area contributed by atoms with Crippen molar-refractivity contribution in [2.45, 2.75) is 19.0 Å². The summed E-state index contributed by atoms with van der Waals surface area (Å²) in [6, 6.07) is 12.9. The molecule has 0 atom stereocenters. The van der Waals surface area contributed by atoms with Gasteiger partial charge in [-0.2, -0.15) is 0 Å². The topological polar surface area (TPSA) is 107 Å². The van der Waals surface area contributed by atoms with E-state index in [0.717, 1.165) is 27.9 Å². The molecule has 9 nitrogen and oxygen atoms in total. The Morgan fingerprint density at radius 1 is 1.00 bits per heavy atom. The van der Waals surface area contributed by atoms with E-state index in [0.29, 0.717) is 35.5 Å². The number of fused-ring (bicyclic) bond motifs is 4. The quantitative estimate of drug-likeness (QED) is 0.435. The highest BCUT2D eigenvalue weighted by Crippen LogP contribution is 2.36. The van der Waals surface area contributed by atoms with Crippen LogP contribution in [0.25, 0.3) is 16.6 Å². The van der Waals surface area contributed by atoms with Crippen LogP contribution in [0.15, 0.2) is 47.6 Å². The number of rotatable bonds is 5. The second kappa shape index (κ2) is 8.62. The van der Waals surface area contributed by atoms with Crippen molar-refractivity contribution in [3.8, 4) is 11.5 Å². The number of hydrogen-bond donors (Lipinski definition) is 2. The summed E-state index contributed by atoms with van der Waals surface area (Å²) in [4.78, 5) is 23.7. The molecule has 0 fully saturated rings. The number of pyridine rings is 1. The fourth-order valence-corrected chi connectivity index (χ4v) is 4.45. The van der Waals surface area contributed by atoms with Crippen molar-refractivity contribution < 1.29 is 19.1 Å². The molecular formula is C23H21N5O4S. The van der Waals surface area contributed by atoms with Crippen molar-refractivity contribution in [2.24, 2.45) is 0 Å². The minimum atomic E-state index is -0.171. The predicted octanol–water partition coefficient (Wildman–Crippen LogP) is 3.65. The normalized spacial score (nSPS) is 12.7. The Hall–Kier alpha value is -3.79. The first-order valence-corrected chi connectivity index (χ1v) is 11.3. The molecular weight excluding hydrogens is 442 g/mol. The lowest BCUT2D eigenvalue weighted by Gasteiger charge is -2.19. The Kier molecular flexibility index (Phi) is 5.51. The Morgan fingerprint density at radius 2 is 1.67 bits per heavy atom. The van der Waals surface area contributed by atoms with Gasteiger partial charge in [-0.15, -0.1) is 10.2 Å². The van der Waals surface area contributed by atoms with Crippen LogP contribution in [-0.2, 0) is 9.59 Å². The maximum atomic E-state index is 12.5. The van der Waals surface area contributed by atoms with Gasteiger partial charge in [0.1, 0.15) is 13.2 Å². The van der Waals surface area contributed by atoms with E-state index >= 15 is 0 Å². The Balaban J connectivity index is 1.36. The molecule has 2 aromatic carbocycles. The molecule has 0 aliphatic carbocycles. The number of thioether (sulfide) groups is 1. The molecule has 5 rings (SSSR count). The van der Waals surface area contributed by atoms with Gasteiger partial charge in [0, 0.05) is 29.8 Å². The van der Waals surface area contributed by atoms with Crippen LogP contribution in [0.3, 0.4) is 0 Å². The molecule has 0 saturated heterocycles. The highest BCUT2D eigenvalue weighted by Gasteiger charge is 2.18. The third-order valence-electron chi connectivity index (χ3n) is 5.11. The lowest BCUT2D eigenvalue weighted by atomic mass is 10.1. The summed E-state index contributed by atoms with van der Waals surface area (Å²) in [6.07, 6.45) is 0. The van der Waals surface area contributed by atoms with Crippen LogP contribution in [0.1, 0.15) is 12.5 Å². The molecule has 10 heteroatoms. The largest absolute Gasteiger partial charge is 0.486 e. The zero-order valence-corrected chi connectivity index (χ0v) is 18.9. The van der Waals surface area contributed by atoms with E-state index in [4.69, 9.17) is 9.47 Å². The third-order valence-corrected chi connectivity index (χ3v) is 6.04. The maximum Gasteiger partial charge on any atom is 0.234 e. The van der Waals surface area contributed by atoms with E-state index in [1.165, 1.54) is 18.7 Å². The van der Waals surface area contributed by atoms with Crippen molar-refractivity contribution in [3.05, 3.63) is 48.0 Å². The molecule has 4 aromatic rings. The van der Waals surface area contributed by atoms with Crippen LogP contribution in [0.2, 0.25) is 0 Å². The molecule has 0 unspecified atom stereocenters. The molecule has 0 spiro atoms. The van der Waals surface area contributed by atoms with Crippen molar-refractivity contribution in [1.29, 1.82) is 0 Å². The van der Waals surface area contributed by atoms with Gasteiger partial charge in [-0.3, -0.25) is 14.0 Å². The summed E-state index contributed by atoms with van der Waals surface area (Å²) in [6.45, 7) is 4.45. The first-order chi connectivity index (χ1) is 16.0. The average molecular weight is 464 g/mol. The van der Waals surface area contributed by atoms with E-state index < -0.39 is 0 Å². The predicted molar refractivity (Wildman–Crippen MR) is 126 cm³/mol. The number of nitrogens with one attached hydrogen (secondary N) is 2. The Morgan fingerprint density at radius 3 is 2.36 bits per heavy atom. The summed E-state index contributed by atoms with van der Waals surface area (Å²) in [5.41, 5.74) is 3.91. The Labute approximate surface area is 193 Å². The number of amides is 2. The number of anilines is 2. The van der Waals surface area contributed by atoms with Crippen molar-refractivity contribution in [1.82, 2.24) is 14.6 Å². The molecule has 2 amide bonds. The van der Waals surface area contributed by atoms with Gasteiger partial charge in [0.2, 0.25) is 11.8 Å². The minimum Gasteiger partial charge on any atom is -0.486 e. The number of hydrogen-bond acceptors (Lipinski definition) is 7. The van der Waals surface area contributed by atoms with Gasteiger partial charge < -0.3 is 20.1 Å². The summed E-state index contributed by atoms with van der Waals surface area (Å²) < 4.78 is 13.4. The number of benzene rings is 2. The van der Waals surface area contributed by atoms with Crippen LogP contribution in [0.4, 0.5) is 11.4 Å². The SMILES string of the molecule is CC(=O)Nc1ccc(NC(=O)CSc2nnc3c(C)cc4cc5c(cc4n23)OCCO5)cc1. The molecule has 1 aliphatic heterocycles. The zero-order valence-electron chi connectivity index (χ0n) is 18.0. The van der Waals surface area contributed by atoms with E-state index in [1.807, 2.05) is 29.5 Å². The van der Waals surface area contributed by atoms with Gasteiger partial charge in [0.15, 0.2) is 22.3 Å². The Bertz CT molecular complexity index is 1380. The second-order valence-corrected chi connectivity index (χ2v) is 8.56. The molecule has 168 valence electrons. The fourth-order valence-electron chi connectivity index (χ4n) is 3.70. The number of aryl methyl sites for hydroxylation is 1. The highest BCUT2D eigenvalue weighted by atomic mass is 32.2. The van der Waals surface area contributed by atoms with E-state index in [9.17, 15) is 9.59 Å². The molecule has 1 aliphatic rings. The van der Waals surface area contributed by atoms with E-state index in [1.54, 1.807) is 24.3 Å². The second-order valence-electron chi connectivity index (χ2n) is 7.62. The molecule has 33 heavy (non-hydrogen) atoms. The molecule has 0 radical (unpaired) electrons. The van der Waals surface area contributed by atoms with Crippen molar-refractivity contribution in [3.63, 3.8) is 0 Å². The third kappa shape index (κ3) is 4.29. The summed E-state index contributed by atoms with van der Waals surface area (Å²) in [5, 5.41) is 15.8. The molecule has 2 aromatic heterocycles. The van der Waals surface area contributed by atoms with Crippen LogP contribution in [0.5, 0.6) is 11.5 Å². The van der Waals surface area contributed by atoms with Crippen molar-refractivity contribution >= 4 is 51.5 Å². The van der Waals surface area contributed by atoms with Crippen molar-refractivity contribution in [2.75, 3.05) is 29.6 Å². The zero-order chi connectivity index (χ0) is 22.9. The van der Waals surface area contributed by atoms with Gasteiger partial charge >= 0.3 is 0 Å². The number of carbonyl (C=O) groups excluding carboxylic acids is 2. The van der Waals surface area contributed by atoms with Gasteiger partial charge in [0.05, 0.1) is 11.3 Å².